The summed E-state index contributed by atoms with van der Waals surface area (Å²) in [6.07, 6.45) is 3.30. The molecule has 7 nitrogen and oxygen atoms in total. The van der Waals surface area contributed by atoms with Gasteiger partial charge < -0.3 is 14.2 Å². The number of aromatic nitrogens is 1. The molecule has 0 spiro atoms. The number of allylic oxidation sites excluding steroid dienone is 1. The zero-order chi connectivity index (χ0) is 24.2. The van der Waals surface area contributed by atoms with Crippen LogP contribution in [0, 0.1) is 0 Å². The maximum atomic E-state index is 13.6. The van der Waals surface area contributed by atoms with Gasteiger partial charge >= 0.3 is 5.97 Å². The lowest BCUT2D eigenvalue weighted by atomic mass is 9.96. The molecule has 0 bridgehead atoms. The van der Waals surface area contributed by atoms with Gasteiger partial charge in [-0.3, -0.25) is 9.36 Å². The van der Waals surface area contributed by atoms with Crippen LogP contribution in [0.25, 0.3) is 6.08 Å². The molecule has 0 amide bonds. The van der Waals surface area contributed by atoms with Crippen LogP contribution in [-0.4, -0.2) is 31.4 Å². The Kier molecular flexibility index (Phi) is 6.79. The molecule has 0 aliphatic carbocycles. The predicted molar refractivity (Wildman–Crippen MR) is 131 cm³/mol. The Hall–Kier alpha value is -3.91. The summed E-state index contributed by atoms with van der Waals surface area (Å²) in [5, 5.41) is 0. The molecule has 34 heavy (non-hydrogen) atoms. The standard InChI is InChI=1S/C26H24N2O5S/c1-5-13-33-25(30)22-16(2)27-26-28(23(22)18-9-11-19(31-3)12-10-18)24(29)21(34-26)15-17-7-6-8-20(14-17)32-4/h5-12,14-15,23H,1,13H2,2-4H3/b21-15+/t23-/m1/s1. The van der Waals surface area contributed by atoms with E-state index in [9.17, 15) is 9.59 Å². The van der Waals surface area contributed by atoms with E-state index in [0.717, 1.165) is 11.1 Å². The van der Waals surface area contributed by atoms with E-state index in [1.54, 1.807) is 43.9 Å². The molecule has 1 atom stereocenters. The van der Waals surface area contributed by atoms with Gasteiger partial charge in [0.15, 0.2) is 4.80 Å². The number of nitrogens with zero attached hydrogens (tertiary/aromatic N) is 2. The van der Waals surface area contributed by atoms with Gasteiger partial charge in [0, 0.05) is 0 Å². The predicted octanol–water partition coefficient (Wildman–Crippen LogP) is 2.98. The van der Waals surface area contributed by atoms with Crippen molar-refractivity contribution in [1.29, 1.82) is 0 Å². The lowest BCUT2D eigenvalue weighted by Crippen LogP contribution is -2.39. The normalized spacial score (nSPS) is 15.4. The number of carbonyl (C=O) groups is 1. The molecule has 0 saturated carbocycles. The monoisotopic (exact) mass is 476 g/mol. The van der Waals surface area contributed by atoms with Gasteiger partial charge in [-0.1, -0.05) is 48.3 Å². The van der Waals surface area contributed by atoms with E-state index in [1.807, 2.05) is 36.4 Å². The van der Waals surface area contributed by atoms with Gasteiger partial charge in [0.2, 0.25) is 0 Å². The zero-order valence-electron chi connectivity index (χ0n) is 19.1. The minimum Gasteiger partial charge on any atom is -0.497 e. The number of methoxy groups -OCH3 is 2. The number of carbonyl (C=O) groups excluding carboxylic acids is 1. The third-order valence-corrected chi connectivity index (χ3v) is 6.38. The SMILES string of the molecule is C=CCOC(=O)C1=C(C)N=c2s/c(=C/c3cccc(OC)c3)c(=O)n2[C@@H]1c1ccc(OC)cc1. The fourth-order valence-electron chi connectivity index (χ4n) is 3.78. The van der Waals surface area contributed by atoms with E-state index in [4.69, 9.17) is 14.2 Å². The van der Waals surface area contributed by atoms with E-state index >= 15 is 0 Å². The minimum absolute atomic E-state index is 0.0607. The molecular formula is C26H24N2O5S. The molecule has 2 aromatic carbocycles. The van der Waals surface area contributed by atoms with Gasteiger partial charge in [-0.2, -0.15) is 0 Å². The molecule has 1 aliphatic rings. The Balaban J connectivity index is 1.91. The maximum Gasteiger partial charge on any atom is 0.338 e. The highest BCUT2D eigenvalue weighted by molar-refractivity contribution is 7.07. The Morgan fingerprint density at radius 1 is 1.15 bits per heavy atom. The van der Waals surface area contributed by atoms with Crippen molar-refractivity contribution in [1.82, 2.24) is 4.57 Å². The molecule has 8 heteroatoms. The first-order valence-electron chi connectivity index (χ1n) is 10.6. The lowest BCUT2D eigenvalue weighted by Gasteiger charge is -2.24. The van der Waals surface area contributed by atoms with Crippen LogP contribution in [0.2, 0.25) is 0 Å². The number of benzene rings is 2. The topological polar surface area (TPSA) is 79.1 Å². The highest BCUT2D eigenvalue weighted by Crippen LogP contribution is 2.31. The average Bonchev–Trinajstić information content (AvgIpc) is 3.16. The number of fused-ring (bicyclic) bond motifs is 1. The second-order valence-electron chi connectivity index (χ2n) is 7.52. The molecule has 2 heterocycles. The van der Waals surface area contributed by atoms with E-state index in [-0.39, 0.29) is 12.2 Å². The Labute approximate surface area is 200 Å². The summed E-state index contributed by atoms with van der Waals surface area (Å²) >= 11 is 1.27. The summed E-state index contributed by atoms with van der Waals surface area (Å²) in [4.78, 5) is 31.7. The molecule has 0 radical (unpaired) electrons. The van der Waals surface area contributed by atoms with Crippen LogP contribution in [0.4, 0.5) is 0 Å². The molecule has 0 fully saturated rings. The molecule has 0 N–H and O–H groups in total. The first kappa shape index (κ1) is 23.3. The van der Waals surface area contributed by atoms with Crippen molar-refractivity contribution in [3.05, 3.63) is 103 Å². The lowest BCUT2D eigenvalue weighted by molar-refractivity contribution is -0.138. The van der Waals surface area contributed by atoms with Gasteiger partial charge in [-0.05, 0) is 48.4 Å². The number of hydrogen-bond acceptors (Lipinski definition) is 7. The van der Waals surface area contributed by atoms with E-state index in [0.29, 0.717) is 32.1 Å². The molecule has 4 rings (SSSR count). The molecule has 1 aromatic heterocycles. The Morgan fingerprint density at radius 2 is 1.88 bits per heavy atom. The summed E-state index contributed by atoms with van der Waals surface area (Å²) in [6.45, 7) is 5.41. The van der Waals surface area contributed by atoms with Crippen molar-refractivity contribution in [3.63, 3.8) is 0 Å². The summed E-state index contributed by atoms with van der Waals surface area (Å²) < 4.78 is 18.0. The van der Waals surface area contributed by atoms with Gasteiger partial charge in [0.1, 0.15) is 18.1 Å². The van der Waals surface area contributed by atoms with Crippen molar-refractivity contribution in [2.24, 2.45) is 4.99 Å². The van der Waals surface area contributed by atoms with Crippen LogP contribution >= 0.6 is 11.3 Å². The fourth-order valence-corrected chi connectivity index (χ4v) is 4.83. The summed E-state index contributed by atoms with van der Waals surface area (Å²) in [6, 6.07) is 14.0. The molecule has 3 aromatic rings. The van der Waals surface area contributed by atoms with Crippen LogP contribution in [0.15, 0.2) is 82.2 Å². The highest BCUT2D eigenvalue weighted by Gasteiger charge is 2.33. The zero-order valence-corrected chi connectivity index (χ0v) is 19.9. The molecule has 1 aliphatic heterocycles. The highest BCUT2D eigenvalue weighted by atomic mass is 32.1. The number of esters is 1. The molecule has 0 unspecified atom stereocenters. The van der Waals surface area contributed by atoms with Gasteiger partial charge in [0.25, 0.3) is 5.56 Å². The van der Waals surface area contributed by atoms with Crippen molar-refractivity contribution in [2.75, 3.05) is 20.8 Å². The smallest absolute Gasteiger partial charge is 0.338 e. The third-order valence-electron chi connectivity index (χ3n) is 5.40. The maximum absolute atomic E-state index is 13.6. The molecule has 174 valence electrons. The van der Waals surface area contributed by atoms with Crippen LogP contribution in [0.1, 0.15) is 24.1 Å². The molecular weight excluding hydrogens is 452 g/mol. The Morgan fingerprint density at radius 3 is 2.56 bits per heavy atom. The van der Waals surface area contributed by atoms with Crippen LogP contribution in [0.5, 0.6) is 11.5 Å². The van der Waals surface area contributed by atoms with Crippen molar-refractivity contribution < 1.29 is 19.0 Å². The summed E-state index contributed by atoms with van der Waals surface area (Å²) in [5.74, 6) is 0.829. The van der Waals surface area contributed by atoms with Crippen LogP contribution in [-0.2, 0) is 9.53 Å². The second-order valence-corrected chi connectivity index (χ2v) is 8.53. The van der Waals surface area contributed by atoms with Crippen LogP contribution < -0.4 is 24.4 Å². The first-order valence-corrected chi connectivity index (χ1v) is 11.4. The van der Waals surface area contributed by atoms with E-state index < -0.39 is 12.0 Å². The van der Waals surface area contributed by atoms with Crippen molar-refractivity contribution in [3.8, 4) is 11.5 Å². The number of rotatable bonds is 7. The first-order chi connectivity index (χ1) is 16.5. The largest absolute Gasteiger partial charge is 0.497 e. The number of ether oxygens (including phenoxy) is 3. The molecule has 0 saturated heterocycles. The van der Waals surface area contributed by atoms with E-state index in [2.05, 4.69) is 11.6 Å². The number of thiazole rings is 1. The minimum atomic E-state index is -0.688. The Bertz CT molecular complexity index is 1450. The second kappa shape index (κ2) is 9.93. The summed E-state index contributed by atoms with van der Waals surface area (Å²) in [7, 11) is 3.18. The van der Waals surface area contributed by atoms with Gasteiger partial charge in [-0.25, -0.2) is 9.79 Å². The third kappa shape index (κ3) is 4.45. The number of hydrogen-bond donors (Lipinski definition) is 0. The summed E-state index contributed by atoms with van der Waals surface area (Å²) in [5.41, 5.74) is 2.15. The van der Waals surface area contributed by atoms with E-state index in [1.165, 1.54) is 17.4 Å². The fraction of sp³-hybridized carbons (Fsp3) is 0.192. The average molecular weight is 477 g/mol. The van der Waals surface area contributed by atoms with Crippen molar-refractivity contribution >= 4 is 23.4 Å². The van der Waals surface area contributed by atoms with Crippen molar-refractivity contribution in [2.45, 2.75) is 13.0 Å². The van der Waals surface area contributed by atoms with Gasteiger partial charge in [-0.15, -0.1) is 0 Å². The quantitative estimate of drug-likeness (QED) is 0.387. The van der Waals surface area contributed by atoms with Gasteiger partial charge in [0.05, 0.1) is 36.1 Å². The van der Waals surface area contributed by atoms with Crippen LogP contribution in [0.3, 0.4) is 0 Å².